The molecule has 5 nitrogen and oxygen atoms in total. The van der Waals surface area contributed by atoms with Gasteiger partial charge in [0.15, 0.2) is 0 Å². The summed E-state index contributed by atoms with van der Waals surface area (Å²) in [6, 6.07) is 1.11. The van der Waals surface area contributed by atoms with Gasteiger partial charge in [0, 0.05) is 22.3 Å². The smallest absolute Gasteiger partial charge is 0.262 e. The Balaban J connectivity index is 1.41. The van der Waals surface area contributed by atoms with Crippen LogP contribution in [0.1, 0.15) is 79.1 Å². The third-order valence-electron chi connectivity index (χ3n) is 6.80. The SMILES string of the molecule is Cc1nc([C@H](C)n2cnc3sc4c(c3c2=O)CC[C@@H](NC2CCCCCC2)C4)cs1. The van der Waals surface area contributed by atoms with Crippen LogP contribution in [0.2, 0.25) is 0 Å². The standard InChI is InChI=1S/C23H30N4OS2/c1-14(19-12-29-15(2)25-19)27-13-24-22-21(23(27)28)18-10-9-17(11-20(18)30-22)26-16-7-5-3-4-6-8-16/h12-14,16-17,26H,3-11H2,1-2H3/t14-,17+/m0/s1. The third-order valence-corrected chi connectivity index (χ3v) is 8.76. The molecule has 1 saturated carbocycles. The Bertz CT molecular complexity index is 1090. The van der Waals surface area contributed by atoms with Gasteiger partial charge in [-0.15, -0.1) is 22.7 Å². The fourth-order valence-corrected chi connectivity index (χ4v) is 7.05. The zero-order valence-electron chi connectivity index (χ0n) is 17.8. The second kappa shape index (κ2) is 8.52. The molecule has 0 spiro atoms. The number of hydrogen-bond acceptors (Lipinski definition) is 6. The number of aromatic nitrogens is 3. The van der Waals surface area contributed by atoms with Crippen LogP contribution < -0.4 is 10.9 Å². The number of nitrogens with zero attached hydrogens (tertiary/aromatic N) is 3. The molecular formula is C23H30N4OS2. The van der Waals surface area contributed by atoms with Gasteiger partial charge in [0.25, 0.3) is 5.56 Å². The van der Waals surface area contributed by atoms with Crippen LogP contribution in [0, 0.1) is 6.92 Å². The van der Waals surface area contributed by atoms with Crippen molar-refractivity contribution in [3.63, 3.8) is 0 Å². The Kier molecular flexibility index (Phi) is 5.77. The van der Waals surface area contributed by atoms with Crippen molar-refractivity contribution in [2.24, 2.45) is 0 Å². The Morgan fingerprint density at radius 2 is 1.97 bits per heavy atom. The Morgan fingerprint density at radius 3 is 2.70 bits per heavy atom. The summed E-state index contributed by atoms with van der Waals surface area (Å²) < 4.78 is 1.76. The van der Waals surface area contributed by atoms with E-state index in [0.29, 0.717) is 12.1 Å². The lowest BCUT2D eigenvalue weighted by molar-refractivity contribution is 0.369. The summed E-state index contributed by atoms with van der Waals surface area (Å²) in [5, 5.41) is 7.87. The van der Waals surface area contributed by atoms with Crippen LogP contribution in [0.4, 0.5) is 0 Å². The van der Waals surface area contributed by atoms with Gasteiger partial charge in [-0.3, -0.25) is 9.36 Å². The van der Waals surface area contributed by atoms with Gasteiger partial charge in [-0.25, -0.2) is 9.97 Å². The first-order valence-electron chi connectivity index (χ1n) is 11.3. The van der Waals surface area contributed by atoms with E-state index >= 15 is 0 Å². The molecule has 0 amide bonds. The highest BCUT2D eigenvalue weighted by Crippen LogP contribution is 2.34. The first-order valence-corrected chi connectivity index (χ1v) is 13.0. The van der Waals surface area contributed by atoms with E-state index in [4.69, 9.17) is 4.98 Å². The van der Waals surface area contributed by atoms with E-state index in [-0.39, 0.29) is 11.6 Å². The number of thiophene rings is 1. The average Bonchev–Trinajstić information content (AvgIpc) is 3.23. The van der Waals surface area contributed by atoms with Gasteiger partial charge in [0.05, 0.1) is 28.5 Å². The first kappa shape index (κ1) is 20.3. The van der Waals surface area contributed by atoms with Gasteiger partial charge in [-0.05, 0) is 51.5 Å². The normalized spacial score (nSPS) is 21.5. The molecule has 0 aliphatic heterocycles. The quantitative estimate of drug-likeness (QED) is 0.578. The van der Waals surface area contributed by atoms with Crippen LogP contribution in [0.25, 0.3) is 10.2 Å². The molecule has 3 heterocycles. The maximum atomic E-state index is 13.4. The van der Waals surface area contributed by atoms with Crippen molar-refractivity contribution in [1.29, 1.82) is 0 Å². The Labute approximate surface area is 185 Å². The Morgan fingerprint density at radius 1 is 1.17 bits per heavy atom. The van der Waals surface area contributed by atoms with Crippen LogP contribution in [0.3, 0.4) is 0 Å². The topological polar surface area (TPSA) is 59.8 Å². The maximum absolute atomic E-state index is 13.4. The molecule has 3 aromatic heterocycles. The third kappa shape index (κ3) is 3.87. The first-order chi connectivity index (χ1) is 14.6. The summed E-state index contributed by atoms with van der Waals surface area (Å²) in [7, 11) is 0. The lowest BCUT2D eigenvalue weighted by Gasteiger charge is -2.28. The number of thiazole rings is 1. The van der Waals surface area contributed by atoms with Crippen LogP contribution in [-0.4, -0.2) is 26.6 Å². The van der Waals surface area contributed by atoms with Crippen molar-refractivity contribution in [3.05, 3.63) is 43.2 Å². The molecule has 2 atom stereocenters. The van der Waals surface area contributed by atoms with Crippen LogP contribution >= 0.6 is 22.7 Å². The number of hydrogen-bond donors (Lipinski definition) is 1. The minimum Gasteiger partial charge on any atom is -0.311 e. The minimum atomic E-state index is -0.0943. The molecule has 0 saturated heterocycles. The summed E-state index contributed by atoms with van der Waals surface area (Å²) in [6.45, 7) is 4.04. The minimum absolute atomic E-state index is 0.0887. The van der Waals surface area contributed by atoms with E-state index < -0.39 is 0 Å². The van der Waals surface area contributed by atoms with E-state index in [1.165, 1.54) is 49.0 Å². The monoisotopic (exact) mass is 442 g/mol. The molecule has 0 unspecified atom stereocenters. The fourth-order valence-electron chi connectivity index (χ4n) is 5.09. The molecule has 1 fully saturated rings. The van der Waals surface area contributed by atoms with Gasteiger partial charge in [-0.1, -0.05) is 25.7 Å². The number of fused-ring (bicyclic) bond motifs is 3. The number of nitrogens with one attached hydrogen (secondary N) is 1. The van der Waals surface area contributed by atoms with Crippen molar-refractivity contribution < 1.29 is 0 Å². The van der Waals surface area contributed by atoms with Gasteiger partial charge < -0.3 is 5.32 Å². The highest BCUT2D eigenvalue weighted by atomic mass is 32.1. The van der Waals surface area contributed by atoms with Crippen molar-refractivity contribution in [1.82, 2.24) is 19.9 Å². The number of aryl methyl sites for hydroxylation is 2. The summed E-state index contributed by atoms with van der Waals surface area (Å²) in [6.07, 6.45) is 13.0. The molecular weight excluding hydrogens is 412 g/mol. The predicted octanol–water partition coefficient (Wildman–Crippen LogP) is 5.00. The van der Waals surface area contributed by atoms with E-state index in [1.54, 1.807) is 33.6 Å². The fraction of sp³-hybridized carbons (Fsp3) is 0.609. The molecule has 5 rings (SSSR count). The van der Waals surface area contributed by atoms with Crippen LogP contribution in [0.5, 0.6) is 0 Å². The van der Waals surface area contributed by atoms with Crippen LogP contribution in [-0.2, 0) is 12.8 Å². The van der Waals surface area contributed by atoms with Crippen molar-refractivity contribution in [3.8, 4) is 0 Å². The molecule has 30 heavy (non-hydrogen) atoms. The van der Waals surface area contributed by atoms with E-state index in [0.717, 1.165) is 40.2 Å². The highest BCUT2D eigenvalue weighted by molar-refractivity contribution is 7.18. The number of rotatable bonds is 4. The second-order valence-electron chi connectivity index (χ2n) is 8.90. The van der Waals surface area contributed by atoms with Crippen molar-refractivity contribution in [2.75, 3.05) is 0 Å². The van der Waals surface area contributed by atoms with Crippen LogP contribution in [0.15, 0.2) is 16.5 Å². The highest BCUT2D eigenvalue weighted by Gasteiger charge is 2.27. The lowest BCUT2D eigenvalue weighted by atomic mass is 9.92. The van der Waals surface area contributed by atoms with Gasteiger partial charge in [-0.2, -0.15) is 0 Å². The molecule has 160 valence electrons. The zero-order chi connectivity index (χ0) is 20.7. The molecule has 0 bridgehead atoms. The second-order valence-corrected chi connectivity index (χ2v) is 11.0. The molecule has 0 aromatic carbocycles. The average molecular weight is 443 g/mol. The molecule has 2 aliphatic rings. The van der Waals surface area contributed by atoms with Gasteiger partial charge in [0.1, 0.15) is 4.83 Å². The zero-order valence-corrected chi connectivity index (χ0v) is 19.5. The summed E-state index contributed by atoms with van der Waals surface area (Å²) in [5.41, 5.74) is 2.28. The maximum Gasteiger partial charge on any atom is 0.262 e. The van der Waals surface area contributed by atoms with Crippen molar-refractivity contribution in [2.45, 2.75) is 89.8 Å². The van der Waals surface area contributed by atoms with E-state index in [9.17, 15) is 4.79 Å². The largest absolute Gasteiger partial charge is 0.311 e. The predicted molar refractivity (Wildman–Crippen MR) is 125 cm³/mol. The van der Waals surface area contributed by atoms with E-state index in [1.807, 2.05) is 19.2 Å². The lowest BCUT2D eigenvalue weighted by Crippen LogP contribution is -2.41. The molecule has 2 aliphatic carbocycles. The van der Waals surface area contributed by atoms with E-state index in [2.05, 4.69) is 10.3 Å². The van der Waals surface area contributed by atoms with Gasteiger partial charge in [0.2, 0.25) is 0 Å². The summed E-state index contributed by atoms with van der Waals surface area (Å²) >= 11 is 3.35. The summed E-state index contributed by atoms with van der Waals surface area (Å²) in [5.74, 6) is 0. The molecule has 7 heteroatoms. The summed E-state index contributed by atoms with van der Waals surface area (Å²) in [4.78, 5) is 24.9. The molecule has 3 aromatic rings. The molecule has 0 radical (unpaired) electrons. The molecule has 1 N–H and O–H groups in total. The van der Waals surface area contributed by atoms with Crippen molar-refractivity contribution >= 4 is 32.9 Å². The Hall–Kier alpha value is -1.57. The van der Waals surface area contributed by atoms with Gasteiger partial charge >= 0.3 is 0 Å².